The summed E-state index contributed by atoms with van der Waals surface area (Å²) in [6.07, 6.45) is 3.65. The Morgan fingerprint density at radius 1 is 1.21 bits per heavy atom. The zero-order valence-corrected chi connectivity index (χ0v) is 23.7. The summed E-state index contributed by atoms with van der Waals surface area (Å²) in [6.45, 7) is 9.93. The summed E-state index contributed by atoms with van der Waals surface area (Å²) >= 11 is 0. The standard InChI is InChI=1S/C32H40N4O3/c1-6-9-10-17-26(36-28(37)21-32(7-2,8-3)35-30(36)33)22-14-13-15-23(19-22)29(38)34-25-20-31(4,5)39-27-18-12-11-16-24(25)27/h11-16,18-19,25-26H,7-8,10,17,20-21H2,1-5H3,(H2,33,35)(H,34,38)/t25-,26+/m0/s1. The van der Waals surface area contributed by atoms with Crippen LogP contribution in [0.3, 0.4) is 0 Å². The first-order valence-corrected chi connectivity index (χ1v) is 13.9. The molecule has 2 aromatic carbocycles. The fourth-order valence-electron chi connectivity index (χ4n) is 5.70. The highest BCUT2D eigenvalue weighted by atomic mass is 16.5. The van der Waals surface area contributed by atoms with Crippen LogP contribution in [0.15, 0.2) is 48.5 Å². The van der Waals surface area contributed by atoms with Gasteiger partial charge in [0.1, 0.15) is 11.4 Å². The van der Waals surface area contributed by atoms with E-state index in [1.165, 1.54) is 0 Å². The van der Waals surface area contributed by atoms with Crippen molar-refractivity contribution in [2.45, 2.75) is 96.4 Å². The maximum atomic E-state index is 13.5. The van der Waals surface area contributed by atoms with Crippen molar-refractivity contribution >= 4 is 17.8 Å². The number of carbonyl (C=O) groups excluding carboxylic acids is 2. The Morgan fingerprint density at radius 3 is 2.64 bits per heavy atom. The van der Waals surface area contributed by atoms with E-state index in [1.54, 1.807) is 17.9 Å². The third-order valence-corrected chi connectivity index (χ3v) is 7.98. The summed E-state index contributed by atoms with van der Waals surface area (Å²) in [5, 5.41) is 15.3. The molecule has 4 rings (SSSR count). The summed E-state index contributed by atoms with van der Waals surface area (Å²) in [7, 11) is 0. The van der Waals surface area contributed by atoms with Gasteiger partial charge in [-0.15, -0.1) is 11.8 Å². The van der Waals surface area contributed by atoms with Crippen LogP contribution < -0.4 is 15.4 Å². The highest BCUT2D eigenvalue weighted by Gasteiger charge is 2.42. The van der Waals surface area contributed by atoms with Crippen molar-refractivity contribution in [3.63, 3.8) is 0 Å². The van der Waals surface area contributed by atoms with Crippen LogP contribution in [0, 0.1) is 17.3 Å². The van der Waals surface area contributed by atoms with Crippen molar-refractivity contribution in [2.75, 3.05) is 0 Å². The molecule has 2 atom stereocenters. The molecule has 2 amide bonds. The number of ether oxygens (including phenoxy) is 1. The third kappa shape index (κ3) is 6.11. The Kier molecular flexibility index (Phi) is 8.34. The van der Waals surface area contributed by atoms with E-state index >= 15 is 0 Å². The molecule has 0 saturated carbocycles. The predicted molar refractivity (Wildman–Crippen MR) is 153 cm³/mol. The number of fused-ring (bicyclic) bond motifs is 1. The topological polar surface area (TPSA) is 94.5 Å². The van der Waals surface area contributed by atoms with Gasteiger partial charge in [-0.1, -0.05) is 44.2 Å². The molecule has 3 N–H and O–H groups in total. The van der Waals surface area contributed by atoms with Crippen LogP contribution >= 0.6 is 0 Å². The van der Waals surface area contributed by atoms with Gasteiger partial charge in [0, 0.05) is 29.5 Å². The maximum absolute atomic E-state index is 13.5. The van der Waals surface area contributed by atoms with Crippen LogP contribution in [0.25, 0.3) is 0 Å². The van der Waals surface area contributed by atoms with Crippen LogP contribution in [0.2, 0.25) is 0 Å². The molecule has 0 aliphatic carbocycles. The minimum Gasteiger partial charge on any atom is -0.487 e. The van der Waals surface area contributed by atoms with Gasteiger partial charge in [-0.05, 0) is 63.8 Å². The van der Waals surface area contributed by atoms with Crippen molar-refractivity contribution in [2.24, 2.45) is 0 Å². The lowest BCUT2D eigenvalue weighted by Crippen LogP contribution is -2.62. The molecule has 2 aliphatic rings. The van der Waals surface area contributed by atoms with Gasteiger partial charge in [0.05, 0.1) is 18.5 Å². The Labute approximate surface area is 232 Å². The predicted octanol–water partition coefficient (Wildman–Crippen LogP) is 5.88. The number of hydrogen-bond acceptors (Lipinski definition) is 4. The molecule has 1 saturated heterocycles. The lowest BCUT2D eigenvalue weighted by molar-refractivity contribution is -0.132. The molecule has 7 heteroatoms. The number of amides is 2. The van der Waals surface area contributed by atoms with E-state index < -0.39 is 17.2 Å². The summed E-state index contributed by atoms with van der Waals surface area (Å²) in [5.74, 6) is 6.66. The minimum absolute atomic E-state index is 0.0761. The molecule has 0 radical (unpaired) electrons. The first-order chi connectivity index (χ1) is 18.6. The molecule has 0 bridgehead atoms. The van der Waals surface area contributed by atoms with Gasteiger partial charge >= 0.3 is 0 Å². The second kappa shape index (κ2) is 11.5. The molecule has 0 aromatic heterocycles. The normalized spacial score (nSPS) is 20.0. The molecule has 2 aliphatic heterocycles. The molecule has 2 aromatic rings. The average molecular weight is 529 g/mol. The average Bonchev–Trinajstić information content (AvgIpc) is 2.91. The minimum atomic E-state index is -0.409. The van der Waals surface area contributed by atoms with Gasteiger partial charge in [-0.2, -0.15) is 0 Å². The Bertz CT molecular complexity index is 1280. The molecule has 7 nitrogen and oxygen atoms in total. The highest BCUT2D eigenvalue weighted by Crippen LogP contribution is 2.39. The zero-order valence-electron chi connectivity index (χ0n) is 23.7. The monoisotopic (exact) mass is 528 g/mol. The number of nitrogens with one attached hydrogen (secondary N) is 3. The summed E-state index contributed by atoms with van der Waals surface area (Å²) in [6, 6.07) is 14.6. The van der Waals surface area contributed by atoms with E-state index in [1.807, 2.05) is 70.2 Å². The van der Waals surface area contributed by atoms with E-state index in [2.05, 4.69) is 22.5 Å². The molecule has 0 spiro atoms. The van der Waals surface area contributed by atoms with Crippen molar-refractivity contribution in [1.82, 2.24) is 15.5 Å². The molecular weight excluding hydrogens is 488 g/mol. The molecule has 1 fully saturated rings. The Hall–Kier alpha value is -3.79. The van der Waals surface area contributed by atoms with Crippen molar-refractivity contribution < 1.29 is 14.3 Å². The fourth-order valence-corrected chi connectivity index (χ4v) is 5.70. The van der Waals surface area contributed by atoms with Crippen molar-refractivity contribution in [3.8, 4) is 17.6 Å². The van der Waals surface area contributed by atoms with Crippen LogP contribution in [0.5, 0.6) is 5.75 Å². The zero-order chi connectivity index (χ0) is 28.2. The van der Waals surface area contributed by atoms with E-state index in [-0.39, 0.29) is 23.8 Å². The van der Waals surface area contributed by atoms with Crippen LogP contribution in [0.1, 0.15) is 107 Å². The van der Waals surface area contributed by atoms with Crippen molar-refractivity contribution in [3.05, 3.63) is 65.2 Å². The highest BCUT2D eigenvalue weighted by molar-refractivity contribution is 6.00. The van der Waals surface area contributed by atoms with Crippen LogP contribution in [0.4, 0.5) is 0 Å². The van der Waals surface area contributed by atoms with Crippen LogP contribution in [-0.2, 0) is 4.79 Å². The van der Waals surface area contributed by atoms with E-state index in [4.69, 9.17) is 10.1 Å². The third-order valence-electron chi connectivity index (χ3n) is 7.98. The SMILES string of the molecule is CC#CCC[C@H](c1cccc(C(=O)N[C@H]2CC(C)(C)Oc3ccccc32)c1)N1C(=N)NC(CC)(CC)CC1=O. The number of hydrogen-bond donors (Lipinski definition) is 3. The van der Waals surface area contributed by atoms with Gasteiger partial charge in [-0.3, -0.25) is 19.9 Å². The number of nitrogens with zero attached hydrogens (tertiary/aromatic N) is 1. The fraction of sp³-hybridized carbons (Fsp3) is 0.469. The van der Waals surface area contributed by atoms with E-state index in [9.17, 15) is 9.59 Å². The second-order valence-electron chi connectivity index (χ2n) is 11.1. The smallest absolute Gasteiger partial charge is 0.251 e. The lowest BCUT2D eigenvalue weighted by Gasteiger charge is -2.45. The second-order valence-corrected chi connectivity index (χ2v) is 11.1. The molecular formula is C32H40N4O3. The summed E-state index contributed by atoms with van der Waals surface area (Å²) < 4.78 is 6.13. The number of benzene rings is 2. The summed E-state index contributed by atoms with van der Waals surface area (Å²) in [5.41, 5.74) is 1.49. The van der Waals surface area contributed by atoms with E-state index in [0.29, 0.717) is 31.2 Å². The number of rotatable bonds is 8. The van der Waals surface area contributed by atoms with Gasteiger partial charge in [0.15, 0.2) is 5.96 Å². The maximum Gasteiger partial charge on any atom is 0.251 e. The van der Waals surface area contributed by atoms with Gasteiger partial charge in [0.25, 0.3) is 5.91 Å². The Morgan fingerprint density at radius 2 is 1.95 bits per heavy atom. The largest absolute Gasteiger partial charge is 0.487 e. The Balaban J connectivity index is 1.61. The van der Waals surface area contributed by atoms with Gasteiger partial charge < -0.3 is 15.4 Å². The quantitative estimate of drug-likeness (QED) is 0.373. The molecule has 0 unspecified atom stereocenters. The summed E-state index contributed by atoms with van der Waals surface area (Å²) in [4.78, 5) is 28.5. The number of guanidine groups is 1. The molecule has 39 heavy (non-hydrogen) atoms. The number of para-hydroxylation sites is 1. The van der Waals surface area contributed by atoms with Gasteiger partial charge in [0.2, 0.25) is 5.91 Å². The first kappa shape index (κ1) is 28.2. The van der Waals surface area contributed by atoms with Crippen LogP contribution in [-0.4, -0.2) is 33.8 Å². The number of carbonyl (C=O) groups is 2. The lowest BCUT2D eigenvalue weighted by atomic mass is 9.85. The molecule has 2 heterocycles. The van der Waals surface area contributed by atoms with E-state index in [0.717, 1.165) is 29.7 Å². The van der Waals surface area contributed by atoms with Crippen molar-refractivity contribution in [1.29, 1.82) is 5.41 Å². The first-order valence-electron chi connectivity index (χ1n) is 13.9. The van der Waals surface area contributed by atoms with Gasteiger partial charge in [-0.25, -0.2) is 0 Å². The molecule has 206 valence electrons.